The van der Waals surface area contributed by atoms with E-state index in [4.69, 9.17) is 10.8 Å². The minimum Gasteiger partial charge on any atom is -0.870 e. The van der Waals surface area contributed by atoms with Crippen molar-refractivity contribution in [3.8, 4) is 0 Å². The second-order valence-corrected chi connectivity index (χ2v) is 5.10. The Morgan fingerprint density at radius 3 is 2.06 bits per heavy atom. The van der Waals surface area contributed by atoms with E-state index in [1.165, 1.54) is 5.56 Å². The number of hydrogen-bond donors (Lipinski definition) is 2. The van der Waals surface area contributed by atoms with E-state index in [9.17, 15) is 4.79 Å². The maximum Gasteiger partial charge on any atom is 1.00 e. The summed E-state index contributed by atoms with van der Waals surface area (Å²) in [5.74, 6) is -0.958. The molecule has 0 aromatic heterocycles. The minimum atomic E-state index is -0.958. The molecule has 0 radical (unpaired) electrons. The van der Waals surface area contributed by atoms with Crippen molar-refractivity contribution >= 4 is 5.97 Å². The van der Waals surface area contributed by atoms with E-state index in [1.807, 2.05) is 24.3 Å². The minimum absolute atomic E-state index is 0. The van der Waals surface area contributed by atoms with Gasteiger partial charge in [0.15, 0.2) is 0 Å². The summed E-state index contributed by atoms with van der Waals surface area (Å²) in [5.41, 5.74) is 7.79. The molecule has 5 heteroatoms. The monoisotopic (exact) mass is 261 g/mol. The molecule has 0 amide bonds. The van der Waals surface area contributed by atoms with Crippen LogP contribution < -0.4 is 35.3 Å². The molecule has 4 N–H and O–H groups in total. The molecule has 1 aromatic rings. The number of nitrogens with two attached hydrogens (primary N) is 1. The van der Waals surface area contributed by atoms with Crippen LogP contribution >= 0.6 is 0 Å². The Balaban J connectivity index is 0. The maximum atomic E-state index is 10.6. The van der Waals surface area contributed by atoms with Gasteiger partial charge in [-0.1, -0.05) is 45.0 Å². The SMILES string of the molecule is CC(C)(C)c1ccc(C[C@H](N)C(=O)O)cc1.[Na+].[OH-]. The van der Waals surface area contributed by atoms with E-state index in [0.717, 1.165) is 5.56 Å². The predicted molar refractivity (Wildman–Crippen MR) is 66.4 cm³/mol. The predicted octanol–water partition coefficient (Wildman–Crippen LogP) is -1.23. The van der Waals surface area contributed by atoms with Gasteiger partial charge in [-0.3, -0.25) is 4.79 Å². The molecule has 18 heavy (non-hydrogen) atoms. The first-order valence-electron chi connectivity index (χ1n) is 5.38. The Bertz CT molecular complexity index is 371. The van der Waals surface area contributed by atoms with Crippen LogP contribution in [-0.2, 0) is 16.6 Å². The summed E-state index contributed by atoms with van der Waals surface area (Å²) in [5, 5.41) is 8.70. The molecule has 4 nitrogen and oxygen atoms in total. The van der Waals surface area contributed by atoms with Gasteiger partial charge in [-0.25, -0.2) is 0 Å². The Labute approximate surface area is 130 Å². The van der Waals surface area contributed by atoms with Gasteiger partial charge in [-0.05, 0) is 23.0 Å². The average molecular weight is 261 g/mol. The second kappa shape index (κ2) is 7.92. The third kappa shape index (κ3) is 5.98. The molecular formula is C13H20NNaO3. The molecule has 1 atom stereocenters. The Kier molecular flexibility index (Phi) is 8.77. The smallest absolute Gasteiger partial charge is 0.870 e. The van der Waals surface area contributed by atoms with Crippen LogP contribution in [0.15, 0.2) is 24.3 Å². The zero-order valence-corrected chi connectivity index (χ0v) is 13.5. The third-order valence-corrected chi connectivity index (χ3v) is 2.59. The van der Waals surface area contributed by atoms with E-state index in [1.54, 1.807) is 0 Å². The second-order valence-electron chi connectivity index (χ2n) is 5.10. The molecule has 0 bridgehead atoms. The molecule has 0 aliphatic heterocycles. The summed E-state index contributed by atoms with van der Waals surface area (Å²) in [4.78, 5) is 10.6. The van der Waals surface area contributed by atoms with E-state index in [0.29, 0.717) is 6.42 Å². The molecule has 1 rings (SSSR count). The zero-order chi connectivity index (χ0) is 12.3. The van der Waals surface area contributed by atoms with Gasteiger partial charge in [-0.2, -0.15) is 0 Å². The van der Waals surface area contributed by atoms with E-state index in [-0.39, 0.29) is 40.4 Å². The van der Waals surface area contributed by atoms with E-state index in [2.05, 4.69) is 20.8 Å². The van der Waals surface area contributed by atoms with Crippen LogP contribution in [0.2, 0.25) is 0 Å². The van der Waals surface area contributed by atoms with Gasteiger partial charge in [0.1, 0.15) is 6.04 Å². The number of carbonyl (C=O) groups is 1. The number of benzene rings is 1. The fourth-order valence-electron chi connectivity index (χ4n) is 1.48. The van der Waals surface area contributed by atoms with Crippen molar-refractivity contribution in [3.63, 3.8) is 0 Å². The molecule has 0 heterocycles. The normalized spacial score (nSPS) is 12.0. The molecule has 0 saturated carbocycles. The number of hydrogen-bond acceptors (Lipinski definition) is 3. The van der Waals surface area contributed by atoms with Crippen LogP contribution in [0.5, 0.6) is 0 Å². The average Bonchev–Trinajstić information content (AvgIpc) is 2.17. The van der Waals surface area contributed by atoms with Gasteiger partial charge in [0, 0.05) is 0 Å². The Hall–Kier alpha value is -0.390. The molecule has 0 fully saturated rings. The first kappa shape index (κ1) is 19.9. The van der Waals surface area contributed by atoms with E-state index < -0.39 is 12.0 Å². The third-order valence-electron chi connectivity index (χ3n) is 2.59. The van der Waals surface area contributed by atoms with Crippen LogP contribution in [-0.4, -0.2) is 22.6 Å². The van der Waals surface area contributed by atoms with Crippen molar-refractivity contribution in [3.05, 3.63) is 35.4 Å². The van der Waals surface area contributed by atoms with E-state index >= 15 is 0 Å². The summed E-state index contributed by atoms with van der Waals surface area (Å²) in [6.07, 6.45) is 0.375. The van der Waals surface area contributed by atoms with Crippen molar-refractivity contribution in [1.29, 1.82) is 0 Å². The van der Waals surface area contributed by atoms with Crippen LogP contribution in [0.4, 0.5) is 0 Å². The van der Waals surface area contributed by atoms with Gasteiger partial charge in [-0.15, -0.1) is 0 Å². The van der Waals surface area contributed by atoms with Crippen molar-refractivity contribution in [2.75, 3.05) is 0 Å². The fraction of sp³-hybridized carbons (Fsp3) is 0.462. The van der Waals surface area contributed by atoms with Gasteiger partial charge >= 0.3 is 35.5 Å². The maximum absolute atomic E-state index is 10.6. The Morgan fingerprint density at radius 1 is 1.28 bits per heavy atom. The standard InChI is InChI=1S/C13H19NO2.Na.H2O/c1-13(2,3)10-6-4-9(5-7-10)8-11(14)12(15)16;;/h4-7,11H,8,14H2,1-3H3,(H,15,16);;1H2/q;+1;/p-1/t11-;;/m0../s1. The van der Waals surface area contributed by atoms with Crippen LogP contribution in [0.1, 0.15) is 31.9 Å². The number of rotatable bonds is 3. The largest absolute Gasteiger partial charge is 1.00 e. The first-order chi connectivity index (χ1) is 7.30. The molecular weight excluding hydrogens is 241 g/mol. The number of aliphatic carboxylic acids is 1. The van der Waals surface area contributed by atoms with Crippen molar-refractivity contribution in [2.45, 2.75) is 38.6 Å². The molecule has 1 aromatic carbocycles. The topological polar surface area (TPSA) is 93.3 Å². The van der Waals surface area contributed by atoms with Crippen LogP contribution in [0, 0.1) is 0 Å². The summed E-state index contributed by atoms with van der Waals surface area (Å²) in [6.45, 7) is 6.43. The number of carboxylic acids is 1. The van der Waals surface area contributed by atoms with Crippen molar-refractivity contribution in [2.24, 2.45) is 5.73 Å². The summed E-state index contributed by atoms with van der Waals surface area (Å²) >= 11 is 0. The van der Waals surface area contributed by atoms with Gasteiger partial charge < -0.3 is 16.3 Å². The first-order valence-corrected chi connectivity index (χ1v) is 5.38. The molecule has 0 unspecified atom stereocenters. The summed E-state index contributed by atoms with van der Waals surface area (Å²) in [7, 11) is 0. The molecule has 0 aliphatic carbocycles. The van der Waals surface area contributed by atoms with Gasteiger partial charge in [0.2, 0.25) is 0 Å². The molecule has 0 spiro atoms. The van der Waals surface area contributed by atoms with Crippen LogP contribution in [0.3, 0.4) is 0 Å². The molecule has 96 valence electrons. The van der Waals surface area contributed by atoms with Gasteiger partial charge in [0.05, 0.1) is 0 Å². The van der Waals surface area contributed by atoms with Crippen molar-refractivity contribution < 1.29 is 44.9 Å². The fourth-order valence-corrected chi connectivity index (χ4v) is 1.48. The molecule has 0 aliphatic rings. The molecule has 0 saturated heterocycles. The summed E-state index contributed by atoms with van der Waals surface area (Å²) in [6, 6.07) is 7.14. The van der Waals surface area contributed by atoms with Gasteiger partial charge in [0.25, 0.3) is 0 Å². The quantitative estimate of drug-likeness (QED) is 0.666. The summed E-state index contributed by atoms with van der Waals surface area (Å²) < 4.78 is 0. The Morgan fingerprint density at radius 2 is 1.72 bits per heavy atom. The zero-order valence-electron chi connectivity index (χ0n) is 11.5. The van der Waals surface area contributed by atoms with Crippen molar-refractivity contribution in [1.82, 2.24) is 0 Å². The number of carboxylic acid groups (broad SMARTS) is 1. The van der Waals surface area contributed by atoms with Crippen LogP contribution in [0.25, 0.3) is 0 Å².